The van der Waals surface area contributed by atoms with Gasteiger partial charge in [-0.1, -0.05) is 6.07 Å². The highest BCUT2D eigenvalue weighted by atomic mass is 19.1. The molecule has 2 N–H and O–H groups in total. The van der Waals surface area contributed by atoms with Crippen LogP contribution >= 0.6 is 0 Å². The molecule has 1 fully saturated rings. The fraction of sp³-hybridized carbons (Fsp3) is 0.444. The van der Waals surface area contributed by atoms with Gasteiger partial charge in [-0.3, -0.25) is 9.59 Å². The highest BCUT2D eigenvalue weighted by molar-refractivity contribution is 5.79. The molecule has 28 heavy (non-hydrogen) atoms. The summed E-state index contributed by atoms with van der Waals surface area (Å²) in [6, 6.07) is 2.09. The first-order valence-electron chi connectivity index (χ1n) is 8.88. The third-order valence-electron chi connectivity index (χ3n) is 4.67. The lowest BCUT2D eigenvalue weighted by Crippen LogP contribution is -2.41. The Balaban J connectivity index is 1.73. The molecule has 0 aliphatic carbocycles. The lowest BCUT2D eigenvalue weighted by Gasteiger charge is -2.32. The SMILES string of the molecule is CC(=O)N[C@H](CC(=O)N1CCC[C@@H](c2n[nH]c(=O)o2)C1)c1ccc(F)cc1F. The van der Waals surface area contributed by atoms with E-state index in [0.717, 1.165) is 6.07 Å². The summed E-state index contributed by atoms with van der Waals surface area (Å²) in [4.78, 5) is 37.0. The number of halogens is 2. The smallest absolute Gasteiger partial charge is 0.392 e. The number of benzene rings is 1. The summed E-state index contributed by atoms with van der Waals surface area (Å²) < 4.78 is 32.3. The Morgan fingerprint density at radius 3 is 2.86 bits per heavy atom. The van der Waals surface area contributed by atoms with Crippen molar-refractivity contribution in [3.63, 3.8) is 0 Å². The number of hydrogen-bond acceptors (Lipinski definition) is 5. The van der Waals surface area contributed by atoms with Crippen LogP contribution in [0.15, 0.2) is 27.4 Å². The van der Waals surface area contributed by atoms with Crippen molar-refractivity contribution in [3.05, 3.63) is 51.8 Å². The fourth-order valence-electron chi connectivity index (χ4n) is 3.39. The van der Waals surface area contributed by atoms with Crippen LogP contribution in [-0.2, 0) is 9.59 Å². The standard InChI is InChI=1S/C18H20F2N4O4/c1-10(25)21-15(13-5-4-12(19)7-14(13)20)8-16(26)24-6-2-3-11(9-24)17-22-23-18(27)28-17/h4-5,7,11,15H,2-3,6,8-9H2,1H3,(H,21,25)(H,23,27)/t11-,15-/m1/s1. The van der Waals surface area contributed by atoms with Gasteiger partial charge < -0.3 is 14.6 Å². The Hall–Kier alpha value is -3.04. The lowest BCUT2D eigenvalue weighted by atomic mass is 9.96. The van der Waals surface area contributed by atoms with Gasteiger partial charge in [0, 0.05) is 31.6 Å². The number of piperidine rings is 1. The summed E-state index contributed by atoms with van der Waals surface area (Å²) in [5.41, 5.74) is 0.0387. The first-order valence-corrected chi connectivity index (χ1v) is 8.88. The number of nitrogens with one attached hydrogen (secondary N) is 2. The van der Waals surface area contributed by atoms with Crippen molar-refractivity contribution < 1.29 is 22.8 Å². The fourth-order valence-corrected chi connectivity index (χ4v) is 3.39. The zero-order chi connectivity index (χ0) is 20.3. The van der Waals surface area contributed by atoms with Crippen molar-refractivity contribution in [2.45, 2.75) is 38.1 Å². The topological polar surface area (TPSA) is 108 Å². The molecule has 0 bridgehead atoms. The Kier molecular flexibility index (Phi) is 5.86. The Labute approximate surface area is 158 Å². The number of carbonyl (C=O) groups excluding carboxylic acids is 2. The number of hydrogen-bond donors (Lipinski definition) is 2. The summed E-state index contributed by atoms with van der Waals surface area (Å²) >= 11 is 0. The van der Waals surface area contributed by atoms with Crippen LogP contribution in [0.3, 0.4) is 0 Å². The highest BCUT2D eigenvalue weighted by Gasteiger charge is 2.30. The highest BCUT2D eigenvalue weighted by Crippen LogP contribution is 2.27. The molecule has 1 aromatic heterocycles. The molecule has 1 saturated heterocycles. The molecule has 1 aliphatic rings. The molecular formula is C18H20F2N4O4. The van der Waals surface area contributed by atoms with Gasteiger partial charge in [-0.2, -0.15) is 0 Å². The Morgan fingerprint density at radius 1 is 1.43 bits per heavy atom. The molecule has 0 unspecified atom stereocenters. The van der Waals surface area contributed by atoms with Gasteiger partial charge >= 0.3 is 5.76 Å². The van der Waals surface area contributed by atoms with Crippen molar-refractivity contribution in [1.82, 2.24) is 20.4 Å². The largest absolute Gasteiger partial charge is 0.434 e. The maximum atomic E-state index is 14.2. The van der Waals surface area contributed by atoms with Crippen LogP contribution in [-0.4, -0.2) is 40.0 Å². The molecule has 150 valence electrons. The van der Waals surface area contributed by atoms with E-state index in [1.165, 1.54) is 13.0 Å². The zero-order valence-corrected chi connectivity index (χ0v) is 15.2. The molecule has 0 radical (unpaired) electrons. The third kappa shape index (κ3) is 4.62. The molecule has 8 nitrogen and oxygen atoms in total. The van der Waals surface area contributed by atoms with Gasteiger partial charge in [0.1, 0.15) is 11.6 Å². The second-order valence-electron chi connectivity index (χ2n) is 6.75. The number of rotatable bonds is 5. The van der Waals surface area contributed by atoms with Crippen LogP contribution in [0.4, 0.5) is 8.78 Å². The molecule has 1 aliphatic heterocycles. The predicted octanol–water partition coefficient (Wildman–Crippen LogP) is 1.61. The number of carbonyl (C=O) groups is 2. The van der Waals surface area contributed by atoms with Gasteiger partial charge in [0.15, 0.2) is 0 Å². The molecule has 2 aromatic rings. The molecule has 0 saturated carbocycles. The lowest BCUT2D eigenvalue weighted by molar-refractivity contribution is -0.133. The van der Waals surface area contributed by atoms with E-state index in [4.69, 9.17) is 4.42 Å². The van der Waals surface area contributed by atoms with Crippen molar-refractivity contribution in [2.75, 3.05) is 13.1 Å². The maximum absolute atomic E-state index is 14.2. The Morgan fingerprint density at radius 2 is 2.21 bits per heavy atom. The van der Waals surface area contributed by atoms with Crippen LogP contribution in [0.2, 0.25) is 0 Å². The minimum atomic E-state index is -0.922. The average Bonchev–Trinajstić information content (AvgIpc) is 3.07. The first kappa shape index (κ1) is 19.7. The van der Waals surface area contributed by atoms with Gasteiger partial charge in [0.05, 0.1) is 18.4 Å². The van der Waals surface area contributed by atoms with Gasteiger partial charge in [-0.15, -0.1) is 5.10 Å². The number of aromatic nitrogens is 2. The van der Waals surface area contributed by atoms with Crippen LogP contribution < -0.4 is 11.1 Å². The van der Waals surface area contributed by atoms with E-state index in [1.54, 1.807) is 4.90 Å². The number of aromatic amines is 1. The monoisotopic (exact) mass is 394 g/mol. The molecular weight excluding hydrogens is 374 g/mol. The average molecular weight is 394 g/mol. The van der Waals surface area contributed by atoms with E-state index >= 15 is 0 Å². The quantitative estimate of drug-likeness (QED) is 0.801. The van der Waals surface area contributed by atoms with Gasteiger partial charge in [-0.05, 0) is 18.9 Å². The van der Waals surface area contributed by atoms with Crippen LogP contribution in [0.5, 0.6) is 0 Å². The molecule has 2 amide bonds. The molecule has 10 heteroatoms. The number of H-pyrrole nitrogens is 1. The number of amides is 2. The predicted molar refractivity (Wildman–Crippen MR) is 93.2 cm³/mol. The van der Waals surface area contributed by atoms with Crippen molar-refractivity contribution in [1.29, 1.82) is 0 Å². The Bertz CT molecular complexity index is 926. The van der Waals surface area contributed by atoms with E-state index in [1.807, 2.05) is 0 Å². The zero-order valence-electron chi connectivity index (χ0n) is 15.2. The van der Waals surface area contributed by atoms with E-state index < -0.39 is 29.3 Å². The molecule has 2 heterocycles. The summed E-state index contributed by atoms with van der Waals surface area (Å²) in [6.45, 7) is 2.05. The summed E-state index contributed by atoms with van der Waals surface area (Å²) in [7, 11) is 0. The molecule has 2 atom stereocenters. The second kappa shape index (κ2) is 8.32. The van der Waals surface area contributed by atoms with Gasteiger partial charge in [0.2, 0.25) is 17.7 Å². The number of nitrogens with zero attached hydrogens (tertiary/aromatic N) is 2. The van der Waals surface area contributed by atoms with E-state index in [2.05, 4.69) is 15.5 Å². The normalized spacial score (nSPS) is 18.0. The summed E-state index contributed by atoms with van der Waals surface area (Å²) in [5, 5.41) is 8.56. The molecule has 1 aromatic carbocycles. The van der Waals surface area contributed by atoms with Crippen molar-refractivity contribution >= 4 is 11.8 Å². The summed E-state index contributed by atoms with van der Waals surface area (Å²) in [6.07, 6.45) is 1.21. The summed E-state index contributed by atoms with van der Waals surface area (Å²) in [5.74, 6) is -2.95. The molecule has 3 rings (SSSR count). The molecule has 0 spiro atoms. The van der Waals surface area contributed by atoms with Crippen molar-refractivity contribution in [2.24, 2.45) is 0 Å². The van der Waals surface area contributed by atoms with E-state index in [9.17, 15) is 23.2 Å². The van der Waals surface area contributed by atoms with Crippen LogP contribution in [0.25, 0.3) is 0 Å². The van der Waals surface area contributed by atoms with Crippen LogP contribution in [0, 0.1) is 11.6 Å². The maximum Gasteiger partial charge on any atom is 0.434 e. The van der Waals surface area contributed by atoms with Gasteiger partial charge in [0.25, 0.3) is 0 Å². The van der Waals surface area contributed by atoms with Crippen molar-refractivity contribution in [3.8, 4) is 0 Å². The van der Waals surface area contributed by atoms with E-state index in [0.29, 0.717) is 32.0 Å². The second-order valence-corrected chi connectivity index (χ2v) is 6.75. The van der Waals surface area contributed by atoms with Crippen LogP contribution in [0.1, 0.15) is 49.6 Å². The first-order chi connectivity index (χ1) is 13.3. The minimum Gasteiger partial charge on any atom is -0.392 e. The number of likely N-dealkylation sites (tertiary alicyclic amines) is 1. The van der Waals surface area contributed by atoms with E-state index in [-0.39, 0.29) is 29.7 Å². The minimum absolute atomic E-state index is 0.0387. The third-order valence-corrected chi connectivity index (χ3v) is 4.67. The van der Waals surface area contributed by atoms with Gasteiger partial charge in [-0.25, -0.2) is 18.7 Å².